The van der Waals surface area contributed by atoms with Gasteiger partial charge in [0, 0.05) is 25.7 Å². The SMILES string of the molecule is CCC(C)N(CCN)Cc1cccc(C)c1. The fraction of sp³-hybridized carbons (Fsp3) is 0.571. The van der Waals surface area contributed by atoms with Gasteiger partial charge in [0.05, 0.1) is 0 Å². The Kier molecular flexibility index (Phi) is 5.50. The molecule has 0 bridgehead atoms. The Hall–Kier alpha value is -0.860. The average molecular weight is 220 g/mol. The molecule has 1 rings (SSSR count). The Morgan fingerprint density at radius 1 is 1.38 bits per heavy atom. The first-order valence-corrected chi connectivity index (χ1v) is 6.17. The lowest BCUT2D eigenvalue weighted by Crippen LogP contribution is -2.36. The summed E-state index contributed by atoms with van der Waals surface area (Å²) in [4.78, 5) is 2.45. The summed E-state index contributed by atoms with van der Waals surface area (Å²) in [6, 6.07) is 9.32. The van der Waals surface area contributed by atoms with Crippen LogP contribution >= 0.6 is 0 Å². The molecule has 0 aliphatic carbocycles. The van der Waals surface area contributed by atoms with Crippen molar-refractivity contribution in [2.24, 2.45) is 5.73 Å². The van der Waals surface area contributed by atoms with Gasteiger partial charge in [0.25, 0.3) is 0 Å². The van der Waals surface area contributed by atoms with Crippen molar-refractivity contribution in [2.45, 2.75) is 39.8 Å². The average Bonchev–Trinajstić information content (AvgIpc) is 2.27. The second-order valence-corrected chi connectivity index (χ2v) is 4.51. The van der Waals surface area contributed by atoms with Gasteiger partial charge in [-0.2, -0.15) is 0 Å². The van der Waals surface area contributed by atoms with E-state index in [1.54, 1.807) is 0 Å². The zero-order chi connectivity index (χ0) is 12.0. The minimum Gasteiger partial charge on any atom is -0.329 e. The van der Waals surface area contributed by atoms with Gasteiger partial charge in [-0.25, -0.2) is 0 Å². The number of benzene rings is 1. The molecule has 1 aromatic carbocycles. The zero-order valence-corrected chi connectivity index (χ0v) is 10.7. The molecule has 0 aliphatic heterocycles. The van der Waals surface area contributed by atoms with Crippen molar-refractivity contribution in [3.05, 3.63) is 35.4 Å². The highest BCUT2D eigenvalue weighted by atomic mass is 15.1. The molecule has 1 aromatic rings. The third-order valence-electron chi connectivity index (χ3n) is 3.10. The van der Waals surface area contributed by atoms with Crippen molar-refractivity contribution in [3.63, 3.8) is 0 Å². The van der Waals surface area contributed by atoms with Gasteiger partial charge >= 0.3 is 0 Å². The highest BCUT2D eigenvalue weighted by Crippen LogP contribution is 2.11. The van der Waals surface area contributed by atoms with Gasteiger partial charge in [-0.1, -0.05) is 36.8 Å². The Bertz CT molecular complexity index is 309. The van der Waals surface area contributed by atoms with Crippen molar-refractivity contribution in [3.8, 4) is 0 Å². The van der Waals surface area contributed by atoms with Crippen molar-refractivity contribution in [2.75, 3.05) is 13.1 Å². The molecule has 0 fully saturated rings. The lowest BCUT2D eigenvalue weighted by molar-refractivity contribution is 0.201. The van der Waals surface area contributed by atoms with Crippen LogP contribution in [0.3, 0.4) is 0 Å². The van der Waals surface area contributed by atoms with Gasteiger partial charge in [-0.15, -0.1) is 0 Å². The van der Waals surface area contributed by atoms with E-state index in [0.29, 0.717) is 6.04 Å². The van der Waals surface area contributed by atoms with Crippen LogP contribution in [0.4, 0.5) is 0 Å². The number of aryl methyl sites for hydroxylation is 1. The highest BCUT2D eigenvalue weighted by molar-refractivity contribution is 5.22. The first kappa shape index (κ1) is 13.2. The van der Waals surface area contributed by atoms with Crippen LogP contribution in [-0.2, 0) is 6.54 Å². The minimum atomic E-state index is 0.601. The molecule has 0 amide bonds. The van der Waals surface area contributed by atoms with Crippen LogP contribution in [0.25, 0.3) is 0 Å². The number of hydrogen-bond acceptors (Lipinski definition) is 2. The lowest BCUT2D eigenvalue weighted by atomic mass is 10.1. The third kappa shape index (κ3) is 3.95. The Morgan fingerprint density at radius 2 is 2.12 bits per heavy atom. The second-order valence-electron chi connectivity index (χ2n) is 4.51. The van der Waals surface area contributed by atoms with Gasteiger partial charge in [0.1, 0.15) is 0 Å². The summed E-state index contributed by atoms with van der Waals surface area (Å²) < 4.78 is 0. The molecule has 90 valence electrons. The third-order valence-corrected chi connectivity index (χ3v) is 3.10. The van der Waals surface area contributed by atoms with Crippen LogP contribution in [-0.4, -0.2) is 24.0 Å². The summed E-state index contributed by atoms with van der Waals surface area (Å²) in [5, 5.41) is 0. The fourth-order valence-electron chi connectivity index (χ4n) is 1.92. The summed E-state index contributed by atoms with van der Waals surface area (Å²) in [5.41, 5.74) is 8.38. The molecule has 0 radical (unpaired) electrons. The number of nitrogens with zero attached hydrogens (tertiary/aromatic N) is 1. The van der Waals surface area contributed by atoms with E-state index in [0.717, 1.165) is 19.6 Å². The molecule has 2 N–H and O–H groups in total. The summed E-state index contributed by atoms with van der Waals surface area (Å²) in [6.45, 7) is 9.35. The molecule has 1 atom stereocenters. The predicted octanol–water partition coefficient (Wildman–Crippen LogP) is 2.55. The maximum absolute atomic E-state index is 5.66. The fourth-order valence-corrected chi connectivity index (χ4v) is 1.92. The number of rotatable bonds is 6. The monoisotopic (exact) mass is 220 g/mol. The second kappa shape index (κ2) is 6.66. The van der Waals surface area contributed by atoms with Gasteiger partial charge in [0.15, 0.2) is 0 Å². The lowest BCUT2D eigenvalue weighted by Gasteiger charge is -2.28. The zero-order valence-electron chi connectivity index (χ0n) is 10.7. The van der Waals surface area contributed by atoms with E-state index >= 15 is 0 Å². The summed E-state index contributed by atoms with van der Waals surface area (Å²) in [5.74, 6) is 0. The molecule has 1 unspecified atom stereocenters. The summed E-state index contributed by atoms with van der Waals surface area (Å²) in [6.07, 6.45) is 1.17. The quantitative estimate of drug-likeness (QED) is 0.798. The van der Waals surface area contributed by atoms with Crippen molar-refractivity contribution in [1.29, 1.82) is 0 Å². The van der Waals surface area contributed by atoms with Crippen molar-refractivity contribution >= 4 is 0 Å². The molecule has 0 saturated carbocycles. The van der Waals surface area contributed by atoms with Gasteiger partial charge in [-0.3, -0.25) is 4.90 Å². The van der Waals surface area contributed by atoms with Crippen LogP contribution in [0, 0.1) is 6.92 Å². The van der Waals surface area contributed by atoms with E-state index in [2.05, 4.69) is 49.9 Å². The molecular formula is C14H24N2. The number of nitrogens with two attached hydrogens (primary N) is 1. The topological polar surface area (TPSA) is 29.3 Å². The van der Waals surface area contributed by atoms with Crippen LogP contribution in [0.15, 0.2) is 24.3 Å². The Balaban J connectivity index is 2.67. The molecule has 16 heavy (non-hydrogen) atoms. The van der Waals surface area contributed by atoms with E-state index in [-0.39, 0.29) is 0 Å². The molecule has 2 heteroatoms. The number of hydrogen-bond donors (Lipinski definition) is 1. The highest BCUT2D eigenvalue weighted by Gasteiger charge is 2.11. The van der Waals surface area contributed by atoms with Crippen LogP contribution in [0.2, 0.25) is 0 Å². The molecule has 2 nitrogen and oxygen atoms in total. The van der Waals surface area contributed by atoms with Gasteiger partial charge < -0.3 is 5.73 Å². The molecule has 0 heterocycles. The summed E-state index contributed by atoms with van der Waals surface area (Å²) >= 11 is 0. The summed E-state index contributed by atoms with van der Waals surface area (Å²) in [7, 11) is 0. The van der Waals surface area contributed by atoms with Crippen LogP contribution in [0.5, 0.6) is 0 Å². The molecule has 0 aliphatic rings. The largest absolute Gasteiger partial charge is 0.329 e. The molecule has 0 aromatic heterocycles. The predicted molar refractivity (Wildman–Crippen MR) is 70.4 cm³/mol. The van der Waals surface area contributed by atoms with E-state index < -0.39 is 0 Å². The minimum absolute atomic E-state index is 0.601. The maximum Gasteiger partial charge on any atom is 0.0237 e. The van der Waals surface area contributed by atoms with Crippen LogP contribution in [0.1, 0.15) is 31.4 Å². The van der Waals surface area contributed by atoms with Gasteiger partial charge in [-0.05, 0) is 25.8 Å². The van der Waals surface area contributed by atoms with Crippen molar-refractivity contribution in [1.82, 2.24) is 4.90 Å². The molecule has 0 saturated heterocycles. The normalized spacial score (nSPS) is 13.1. The van der Waals surface area contributed by atoms with E-state index in [1.165, 1.54) is 17.5 Å². The van der Waals surface area contributed by atoms with Crippen molar-refractivity contribution < 1.29 is 0 Å². The van der Waals surface area contributed by atoms with Gasteiger partial charge in [0.2, 0.25) is 0 Å². The van der Waals surface area contributed by atoms with E-state index in [1.807, 2.05) is 0 Å². The molecule has 0 spiro atoms. The molecular weight excluding hydrogens is 196 g/mol. The van der Waals surface area contributed by atoms with Crippen LogP contribution < -0.4 is 5.73 Å². The Labute approximate surface area is 99.5 Å². The first-order valence-electron chi connectivity index (χ1n) is 6.17. The standard InChI is InChI=1S/C14H24N2/c1-4-13(3)16(9-8-15)11-14-7-5-6-12(2)10-14/h5-7,10,13H,4,8-9,11,15H2,1-3H3. The van der Waals surface area contributed by atoms with E-state index in [9.17, 15) is 0 Å². The first-order chi connectivity index (χ1) is 7.67. The smallest absolute Gasteiger partial charge is 0.0237 e. The Morgan fingerprint density at radius 3 is 2.69 bits per heavy atom. The maximum atomic E-state index is 5.66. The van der Waals surface area contributed by atoms with E-state index in [4.69, 9.17) is 5.73 Å².